The van der Waals surface area contributed by atoms with E-state index in [4.69, 9.17) is 10.5 Å². The smallest absolute Gasteiger partial charge is 0.315 e. The SMILES string of the molecule is NC(=O)N1CC2(CNC2)C1C1COC1. The topological polar surface area (TPSA) is 67.6 Å². The molecule has 0 aromatic rings. The van der Waals surface area contributed by atoms with Gasteiger partial charge in [-0.3, -0.25) is 0 Å². The molecule has 3 saturated heterocycles. The van der Waals surface area contributed by atoms with Crippen LogP contribution < -0.4 is 11.1 Å². The van der Waals surface area contributed by atoms with Crippen LogP contribution in [-0.2, 0) is 4.74 Å². The minimum Gasteiger partial charge on any atom is -0.381 e. The first-order valence-corrected chi connectivity index (χ1v) is 5.07. The number of ether oxygens (including phenoxy) is 1. The quantitative estimate of drug-likeness (QED) is 0.565. The molecule has 3 aliphatic rings. The number of nitrogens with one attached hydrogen (secondary N) is 1. The van der Waals surface area contributed by atoms with E-state index in [9.17, 15) is 4.79 Å². The maximum Gasteiger partial charge on any atom is 0.315 e. The highest BCUT2D eigenvalue weighted by atomic mass is 16.5. The van der Waals surface area contributed by atoms with Crippen molar-refractivity contribution in [2.24, 2.45) is 17.1 Å². The van der Waals surface area contributed by atoms with Gasteiger partial charge in [0.05, 0.1) is 19.3 Å². The van der Waals surface area contributed by atoms with Crippen molar-refractivity contribution in [3.63, 3.8) is 0 Å². The summed E-state index contributed by atoms with van der Waals surface area (Å²) in [6.07, 6.45) is 0. The van der Waals surface area contributed by atoms with Crippen molar-refractivity contribution in [2.45, 2.75) is 6.04 Å². The van der Waals surface area contributed by atoms with Crippen LogP contribution in [0.2, 0.25) is 0 Å². The third-order valence-electron chi connectivity index (χ3n) is 3.80. The van der Waals surface area contributed by atoms with Gasteiger partial charge in [-0.15, -0.1) is 0 Å². The van der Waals surface area contributed by atoms with Crippen molar-refractivity contribution >= 4 is 6.03 Å². The number of urea groups is 1. The Morgan fingerprint density at radius 3 is 2.57 bits per heavy atom. The summed E-state index contributed by atoms with van der Waals surface area (Å²) in [6.45, 7) is 4.46. The monoisotopic (exact) mass is 197 g/mol. The molecule has 0 radical (unpaired) electrons. The zero-order valence-electron chi connectivity index (χ0n) is 8.03. The van der Waals surface area contributed by atoms with E-state index < -0.39 is 0 Å². The summed E-state index contributed by atoms with van der Waals surface area (Å²) >= 11 is 0. The molecule has 5 heteroatoms. The number of nitrogens with zero attached hydrogens (tertiary/aromatic N) is 1. The summed E-state index contributed by atoms with van der Waals surface area (Å²) in [6, 6.07) is 0.0504. The second-order valence-electron chi connectivity index (χ2n) is 4.67. The lowest BCUT2D eigenvalue weighted by Crippen LogP contribution is -2.81. The number of amides is 2. The van der Waals surface area contributed by atoms with Crippen LogP contribution in [0.25, 0.3) is 0 Å². The number of carbonyl (C=O) groups is 1. The van der Waals surface area contributed by atoms with Crippen molar-refractivity contribution in [1.82, 2.24) is 10.2 Å². The molecule has 3 aliphatic heterocycles. The van der Waals surface area contributed by atoms with Crippen LogP contribution in [0.15, 0.2) is 0 Å². The lowest BCUT2D eigenvalue weighted by atomic mass is 9.62. The van der Waals surface area contributed by atoms with E-state index in [1.165, 1.54) is 0 Å². The van der Waals surface area contributed by atoms with E-state index in [2.05, 4.69) is 5.32 Å². The van der Waals surface area contributed by atoms with E-state index >= 15 is 0 Å². The average molecular weight is 197 g/mol. The number of hydrogen-bond donors (Lipinski definition) is 2. The number of carbonyl (C=O) groups excluding carboxylic acids is 1. The Morgan fingerprint density at radius 2 is 2.21 bits per heavy atom. The molecular formula is C9H15N3O2. The van der Waals surface area contributed by atoms with Crippen molar-refractivity contribution in [1.29, 1.82) is 0 Å². The molecule has 3 N–H and O–H groups in total. The molecule has 2 amide bonds. The Labute approximate surface area is 82.6 Å². The standard InChI is InChI=1S/C9H15N3O2/c10-8(13)12-5-9(3-11-4-9)7(12)6-1-14-2-6/h6-7,11H,1-5H2,(H2,10,13). The number of likely N-dealkylation sites (tertiary alicyclic amines) is 1. The molecule has 0 aromatic carbocycles. The highest BCUT2D eigenvalue weighted by molar-refractivity contribution is 5.74. The van der Waals surface area contributed by atoms with Gasteiger partial charge < -0.3 is 20.7 Å². The van der Waals surface area contributed by atoms with Gasteiger partial charge in [0.1, 0.15) is 0 Å². The summed E-state index contributed by atoms with van der Waals surface area (Å²) in [5, 5.41) is 3.28. The summed E-state index contributed by atoms with van der Waals surface area (Å²) in [5.74, 6) is 0.512. The summed E-state index contributed by atoms with van der Waals surface area (Å²) in [4.78, 5) is 13.0. The molecule has 78 valence electrons. The van der Waals surface area contributed by atoms with Gasteiger partial charge in [0.2, 0.25) is 0 Å². The van der Waals surface area contributed by atoms with Crippen LogP contribution in [0.5, 0.6) is 0 Å². The number of primary amides is 1. The molecule has 0 bridgehead atoms. The van der Waals surface area contributed by atoms with Crippen LogP contribution >= 0.6 is 0 Å². The molecule has 0 aromatic heterocycles. The zero-order chi connectivity index (χ0) is 9.76. The van der Waals surface area contributed by atoms with E-state index in [0.717, 1.165) is 32.8 Å². The van der Waals surface area contributed by atoms with E-state index in [0.29, 0.717) is 17.4 Å². The van der Waals surface area contributed by atoms with E-state index in [-0.39, 0.29) is 6.03 Å². The third kappa shape index (κ3) is 0.887. The maximum atomic E-state index is 11.2. The molecule has 3 rings (SSSR count). The van der Waals surface area contributed by atoms with E-state index in [1.807, 2.05) is 0 Å². The Hall–Kier alpha value is -0.810. The minimum atomic E-state index is -0.278. The second kappa shape index (κ2) is 2.61. The molecule has 0 saturated carbocycles. The predicted molar refractivity (Wildman–Crippen MR) is 49.7 cm³/mol. The molecule has 14 heavy (non-hydrogen) atoms. The lowest BCUT2D eigenvalue weighted by molar-refractivity contribution is -0.168. The molecular weight excluding hydrogens is 182 g/mol. The van der Waals surface area contributed by atoms with Gasteiger partial charge in [-0.1, -0.05) is 0 Å². The number of nitrogens with two attached hydrogens (primary N) is 1. The average Bonchev–Trinajstić information content (AvgIpc) is 1.90. The molecule has 3 fully saturated rings. The number of hydrogen-bond acceptors (Lipinski definition) is 3. The second-order valence-corrected chi connectivity index (χ2v) is 4.67. The molecule has 5 nitrogen and oxygen atoms in total. The first kappa shape index (κ1) is 8.49. The van der Waals surface area contributed by atoms with Gasteiger partial charge in [-0.25, -0.2) is 4.79 Å². The van der Waals surface area contributed by atoms with Crippen LogP contribution in [-0.4, -0.2) is 49.8 Å². The maximum absolute atomic E-state index is 11.2. The van der Waals surface area contributed by atoms with Crippen molar-refractivity contribution < 1.29 is 9.53 Å². The first-order chi connectivity index (χ1) is 6.73. The number of rotatable bonds is 1. The van der Waals surface area contributed by atoms with Crippen molar-refractivity contribution in [3.8, 4) is 0 Å². The molecule has 0 aliphatic carbocycles. The predicted octanol–water partition coefficient (Wildman–Crippen LogP) is -1.01. The molecule has 3 heterocycles. The highest BCUT2D eigenvalue weighted by Crippen LogP contribution is 2.46. The van der Waals surface area contributed by atoms with Crippen molar-refractivity contribution in [3.05, 3.63) is 0 Å². The van der Waals surface area contributed by atoms with Gasteiger partial charge in [-0.05, 0) is 0 Å². The first-order valence-electron chi connectivity index (χ1n) is 5.07. The van der Waals surface area contributed by atoms with Crippen LogP contribution in [0.1, 0.15) is 0 Å². The molecule has 1 atom stereocenters. The van der Waals surface area contributed by atoms with E-state index in [1.54, 1.807) is 4.90 Å². The summed E-state index contributed by atoms with van der Waals surface area (Å²) < 4.78 is 5.18. The Kier molecular flexibility index (Phi) is 1.58. The minimum absolute atomic E-state index is 0.278. The van der Waals surface area contributed by atoms with Crippen molar-refractivity contribution in [2.75, 3.05) is 32.8 Å². The van der Waals surface area contributed by atoms with Gasteiger partial charge in [0, 0.05) is 31.0 Å². The zero-order valence-corrected chi connectivity index (χ0v) is 8.03. The fraction of sp³-hybridized carbons (Fsp3) is 0.889. The normalized spacial score (nSPS) is 34.6. The van der Waals surface area contributed by atoms with Gasteiger partial charge >= 0.3 is 6.03 Å². The van der Waals surface area contributed by atoms with Crippen LogP contribution in [0.3, 0.4) is 0 Å². The third-order valence-corrected chi connectivity index (χ3v) is 3.80. The largest absolute Gasteiger partial charge is 0.381 e. The molecule has 1 spiro atoms. The van der Waals surface area contributed by atoms with Crippen LogP contribution in [0, 0.1) is 11.3 Å². The van der Waals surface area contributed by atoms with Gasteiger partial charge in [-0.2, -0.15) is 0 Å². The fourth-order valence-electron chi connectivity index (χ4n) is 2.92. The van der Waals surface area contributed by atoms with Crippen LogP contribution in [0.4, 0.5) is 4.79 Å². The van der Waals surface area contributed by atoms with Gasteiger partial charge in [0.25, 0.3) is 0 Å². The highest BCUT2D eigenvalue weighted by Gasteiger charge is 2.60. The van der Waals surface area contributed by atoms with Gasteiger partial charge in [0.15, 0.2) is 0 Å². The Bertz CT molecular complexity index is 273. The summed E-state index contributed by atoms with van der Waals surface area (Å²) in [7, 11) is 0. The Morgan fingerprint density at radius 1 is 1.50 bits per heavy atom. The lowest BCUT2D eigenvalue weighted by Gasteiger charge is -2.65. The Balaban J connectivity index is 1.76. The summed E-state index contributed by atoms with van der Waals surface area (Å²) in [5.41, 5.74) is 5.65. The molecule has 1 unspecified atom stereocenters. The fourth-order valence-corrected chi connectivity index (χ4v) is 2.92.